The second-order valence-corrected chi connectivity index (χ2v) is 8.34. The fourth-order valence-corrected chi connectivity index (χ4v) is 4.01. The van der Waals surface area contributed by atoms with Crippen molar-refractivity contribution in [3.63, 3.8) is 0 Å². The Morgan fingerprint density at radius 3 is 2.74 bits per heavy atom. The van der Waals surface area contributed by atoms with Gasteiger partial charge in [0.25, 0.3) is 5.91 Å². The van der Waals surface area contributed by atoms with Crippen molar-refractivity contribution in [3.8, 4) is 11.3 Å². The number of rotatable bonds is 6. The molecule has 2 aliphatic heterocycles. The molecule has 3 N–H and O–H groups in total. The molecule has 5 rings (SSSR count). The molecule has 2 aromatic carbocycles. The van der Waals surface area contributed by atoms with E-state index in [-0.39, 0.29) is 24.5 Å². The van der Waals surface area contributed by atoms with Crippen LogP contribution in [0.25, 0.3) is 11.3 Å². The molecule has 2 amide bonds. The van der Waals surface area contributed by atoms with E-state index in [1.54, 1.807) is 42.6 Å². The Bertz CT molecular complexity index is 1230. The highest BCUT2D eigenvalue weighted by Gasteiger charge is 2.21. The van der Waals surface area contributed by atoms with Crippen molar-refractivity contribution in [2.45, 2.75) is 19.1 Å². The van der Waals surface area contributed by atoms with E-state index in [1.807, 2.05) is 6.07 Å². The summed E-state index contributed by atoms with van der Waals surface area (Å²) >= 11 is 6.10. The molecule has 174 valence electrons. The van der Waals surface area contributed by atoms with Crippen LogP contribution in [0.15, 0.2) is 48.7 Å². The lowest BCUT2D eigenvalue weighted by molar-refractivity contribution is -0.115. The van der Waals surface area contributed by atoms with Crippen LogP contribution in [0, 0.1) is 0 Å². The third-order valence-electron chi connectivity index (χ3n) is 5.49. The molecule has 0 bridgehead atoms. The van der Waals surface area contributed by atoms with Gasteiger partial charge in [0.2, 0.25) is 11.9 Å². The highest BCUT2D eigenvalue weighted by molar-refractivity contribution is 6.31. The van der Waals surface area contributed by atoms with Gasteiger partial charge >= 0.3 is 0 Å². The fourth-order valence-electron chi connectivity index (χ4n) is 3.84. The Balaban J connectivity index is 1.27. The molecule has 1 fully saturated rings. The van der Waals surface area contributed by atoms with Crippen LogP contribution in [-0.2, 0) is 20.7 Å². The van der Waals surface area contributed by atoms with Crippen molar-refractivity contribution < 1.29 is 19.1 Å². The zero-order valence-corrected chi connectivity index (χ0v) is 18.9. The average Bonchev–Trinajstić information content (AvgIpc) is 3.30. The first-order valence-corrected chi connectivity index (χ1v) is 11.3. The minimum Gasteiger partial charge on any atom is -0.352 e. The molecule has 0 unspecified atom stereocenters. The molecule has 3 aromatic rings. The molecule has 2 aliphatic rings. The summed E-state index contributed by atoms with van der Waals surface area (Å²) in [7, 11) is 0. The van der Waals surface area contributed by atoms with E-state index in [2.05, 4.69) is 25.9 Å². The third-order valence-corrected chi connectivity index (χ3v) is 5.72. The molecule has 0 spiro atoms. The summed E-state index contributed by atoms with van der Waals surface area (Å²) in [4.78, 5) is 33.6. The van der Waals surface area contributed by atoms with Gasteiger partial charge in [0.15, 0.2) is 6.29 Å². The van der Waals surface area contributed by atoms with Gasteiger partial charge in [-0.2, -0.15) is 0 Å². The summed E-state index contributed by atoms with van der Waals surface area (Å²) in [5.41, 5.74) is 4.04. The maximum absolute atomic E-state index is 12.4. The van der Waals surface area contributed by atoms with Gasteiger partial charge in [0.1, 0.15) is 0 Å². The van der Waals surface area contributed by atoms with Crippen LogP contribution in [-0.4, -0.2) is 47.8 Å². The highest BCUT2D eigenvalue weighted by Crippen LogP contribution is 2.34. The summed E-state index contributed by atoms with van der Waals surface area (Å²) in [5.74, 6) is 0.0600. The average molecular weight is 480 g/mol. The molecule has 34 heavy (non-hydrogen) atoms. The molecule has 1 saturated heterocycles. The lowest BCUT2D eigenvalue weighted by Gasteiger charge is -2.11. The van der Waals surface area contributed by atoms with Crippen LogP contribution in [0.4, 0.5) is 17.3 Å². The van der Waals surface area contributed by atoms with Crippen LogP contribution in [0.5, 0.6) is 0 Å². The third kappa shape index (κ3) is 5.01. The molecule has 10 heteroatoms. The topological polar surface area (TPSA) is 114 Å². The Kier molecular flexibility index (Phi) is 6.39. The van der Waals surface area contributed by atoms with Gasteiger partial charge < -0.3 is 25.4 Å². The Hall–Kier alpha value is -3.53. The Labute approximate surface area is 200 Å². The van der Waals surface area contributed by atoms with E-state index < -0.39 is 0 Å². The summed E-state index contributed by atoms with van der Waals surface area (Å²) < 4.78 is 10.7. The largest absolute Gasteiger partial charge is 0.352 e. The lowest BCUT2D eigenvalue weighted by Crippen LogP contribution is -2.27. The molecule has 3 heterocycles. The number of carbonyl (C=O) groups is 2. The van der Waals surface area contributed by atoms with E-state index in [0.29, 0.717) is 54.1 Å². The van der Waals surface area contributed by atoms with Gasteiger partial charge in [-0.15, -0.1) is 0 Å². The number of hydrogen-bond acceptors (Lipinski definition) is 7. The number of hydrogen-bond donors (Lipinski definition) is 3. The van der Waals surface area contributed by atoms with Crippen LogP contribution >= 0.6 is 11.6 Å². The highest BCUT2D eigenvalue weighted by atomic mass is 35.5. The van der Waals surface area contributed by atoms with Crippen molar-refractivity contribution in [3.05, 3.63) is 64.8 Å². The number of aromatic nitrogens is 2. The number of nitrogens with one attached hydrogen (secondary N) is 3. The minimum absolute atomic E-state index is 0.149. The SMILES string of the molecule is O=C1Cc2cnc(Nc3ccc(C(=O)NCCC4OCCO4)cc3)nc2-c2ccc(Cl)cc2N1. The predicted molar refractivity (Wildman–Crippen MR) is 127 cm³/mol. The van der Waals surface area contributed by atoms with Gasteiger partial charge in [-0.25, -0.2) is 9.97 Å². The first kappa shape index (κ1) is 22.3. The van der Waals surface area contributed by atoms with E-state index in [4.69, 9.17) is 21.1 Å². The second kappa shape index (κ2) is 9.76. The number of carbonyl (C=O) groups excluding carboxylic acids is 2. The quantitative estimate of drug-likeness (QED) is 0.495. The number of fused-ring (bicyclic) bond motifs is 3. The van der Waals surface area contributed by atoms with Gasteiger partial charge in [-0.1, -0.05) is 11.6 Å². The van der Waals surface area contributed by atoms with Gasteiger partial charge in [-0.05, 0) is 42.5 Å². The molecule has 9 nitrogen and oxygen atoms in total. The molecule has 1 aromatic heterocycles. The first-order valence-electron chi connectivity index (χ1n) is 10.9. The molecule has 0 saturated carbocycles. The second-order valence-electron chi connectivity index (χ2n) is 7.90. The van der Waals surface area contributed by atoms with Crippen LogP contribution in [0.2, 0.25) is 5.02 Å². The lowest BCUT2D eigenvalue weighted by atomic mass is 10.1. The van der Waals surface area contributed by atoms with Crippen molar-refractivity contribution in [1.82, 2.24) is 15.3 Å². The van der Waals surface area contributed by atoms with E-state index in [0.717, 1.165) is 16.8 Å². The van der Waals surface area contributed by atoms with E-state index in [1.165, 1.54) is 0 Å². The number of amides is 2. The molecular weight excluding hydrogens is 458 g/mol. The van der Waals surface area contributed by atoms with Gasteiger partial charge in [0.05, 0.1) is 31.0 Å². The fraction of sp³-hybridized carbons (Fsp3) is 0.250. The standard InChI is InChI=1S/C24H22ClN5O4/c25-16-3-6-18-19(12-16)29-20(31)11-15-13-27-24(30-22(15)18)28-17-4-1-14(2-5-17)23(32)26-8-7-21-33-9-10-34-21/h1-6,12-13,21H,7-11H2,(H,26,32)(H,29,31)(H,27,28,30). The molecular formula is C24H22ClN5O4. The monoisotopic (exact) mass is 479 g/mol. The van der Waals surface area contributed by atoms with Crippen LogP contribution < -0.4 is 16.0 Å². The van der Waals surface area contributed by atoms with E-state index in [9.17, 15) is 9.59 Å². The normalized spacial score (nSPS) is 15.1. The van der Waals surface area contributed by atoms with Crippen molar-refractivity contribution in [2.75, 3.05) is 30.4 Å². The number of anilines is 3. The van der Waals surface area contributed by atoms with Crippen molar-refractivity contribution >= 4 is 40.7 Å². The first-order chi connectivity index (χ1) is 16.5. The maximum Gasteiger partial charge on any atom is 0.251 e. The number of nitrogens with zero attached hydrogens (tertiary/aromatic N) is 2. The summed E-state index contributed by atoms with van der Waals surface area (Å²) in [5, 5.41) is 9.41. The molecule has 0 radical (unpaired) electrons. The number of halogens is 1. The summed E-state index contributed by atoms with van der Waals surface area (Å²) in [6, 6.07) is 12.3. The van der Waals surface area contributed by atoms with Crippen LogP contribution in [0.3, 0.4) is 0 Å². The van der Waals surface area contributed by atoms with Crippen molar-refractivity contribution in [1.29, 1.82) is 0 Å². The van der Waals surface area contributed by atoms with E-state index >= 15 is 0 Å². The molecule has 0 atom stereocenters. The smallest absolute Gasteiger partial charge is 0.251 e. The zero-order chi connectivity index (χ0) is 23.5. The number of ether oxygens (including phenoxy) is 2. The van der Waals surface area contributed by atoms with Crippen LogP contribution in [0.1, 0.15) is 22.3 Å². The van der Waals surface area contributed by atoms with Gasteiger partial charge in [0, 0.05) is 46.6 Å². The summed E-state index contributed by atoms with van der Waals surface area (Å²) in [6.07, 6.45) is 2.18. The van der Waals surface area contributed by atoms with Crippen molar-refractivity contribution in [2.24, 2.45) is 0 Å². The maximum atomic E-state index is 12.4. The Morgan fingerprint density at radius 2 is 1.94 bits per heavy atom. The molecule has 0 aliphatic carbocycles. The summed E-state index contributed by atoms with van der Waals surface area (Å²) in [6.45, 7) is 1.66. The van der Waals surface area contributed by atoms with Gasteiger partial charge in [-0.3, -0.25) is 9.59 Å². The number of benzene rings is 2. The predicted octanol–water partition coefficient (Wildman–Crippen LogP) is 3.53. The minimum atomic E-state index is -0.245. The zero-order valence-electron chi connectivity index (χ0n) is 18.1. The Morgan fingerprint density at radius 1 is 1.15 bits per heavy atom.